The summed E-state index contributed by atoms with van der Waals surface area (Å²) < 4.78 is 1.61. The van der Waals surface area contributed by atoms with Crippen molar-refractivity contribution in [1.82, 2.24) is 15.1 Å². The summed E-state index contributed by atoms with van der Waals surface area (Å²) in [6, 6.07) is 7.01. The molecule has 1 aliphatic heterocycles. The highest BCUT2D eigenvalue weighted by Crippen LogP contribution is 2.48. The van der Waals surface area contributed by atoms with Gasteiger partial charge >= 0.3 is 0 Å². The average molecular weight is 459 g/mol. The molecule has 8 heteroatoms. The topological polar surface area (TPSA) is 76.0 Å². The van der Waals surface area contributed by atoms with Gasteiger partial charge in [-0.2, -0.15) is 5.10 Å². The van der Waals surface area contributed by atoms with Crippen LogP contribution in [-0.4, -0.2) is 21.5 Å². The van der Waals surface area contributed by atoms with Crippen LogP contribution >= 0.6 is 23.2 Å². The van der Waals surface area contributed by atoms with E-state index in [1.54, 1.807) is 36.1 Å². The molecule has 1 amide bonds. The number of Topliss-reactive ketones (excluding diaryl/α,β-unsaturated/α-hetero) is 1. The summed E-state index contributed by atoms with van der Waals surface area (Å²) in [5, 5.41) is 11.1. The fraction of sp³-hybridized carbons (Fsp3) is 0.348. The van der Waals surface area contributed by atoms with Crippen LogP contribution in [0.5, 0.6) is 0 Å². The van der Waals surface area contributed by atoms with Crippen LogP contribution in [0.4, 0.5) is 5.82 Å². The third-order valence-corrected chi connectivity index (χ3v) is 6.57. The standard InChI is InChI=1S/C23H24Cl2N4O2/c1-12-18(22(31)27-17-8-9-29(4)28-17)19(13-6-5-7-14(24)21(13)25)20-15(26-12)10-23(2,3)11-16(20)30/h5-9,19,26H,10-11H2,1-4H3,(H,27,28,31). The molecule has 0 bridgehead atoms. The zero-order valence-electron chi connectivity index (χ0n) is 17.8. The van der Waals surface area contributed by atoms with Gasteiger partial charge in [0.15, 0.2) is 11.6 Å². The van der Waals surface area contributed by atoms with E-state index in [9.17, 15) is 9.59 Å². The maximum absolute atomic E-state index is 13.4. The molecule has 2 N–H and O–H groups in total. The summed E-state index contributed by atoms with van der Waals surface area (Å²) in [6.07, 6.45) is 2.85. The maximum atomic E-state index is 13.4. The summed E-state index contributed by atoms with van der Waals surface area (Å²) in [6.45, 7) is 5.98. The molecule has 2 aromatic rings. The lowest BCUT2D eigenvalue weighted by molar-refractivity contribution is -0.118. The first-order valence-corrected chi connectivity index (χ1v) is 10.8. The Morgan fingerprint density at radius 3 is 2.68 bits per heavy atom. The smallest absolute Gasteiger partial charge is 0.255 e. The van der Waals surface area contributed by atoms with Gasteiger partial charge in [-0.05, 0) is 30.4 Å². The van der Waals surface area contributed by atoms with Crippen LogP contribution in [-0.2, 0) is 16.6 Å². The number of amides is 1. The van der Waals surface area contributed by atoms with Crippen molar-refractivity contribution in [2.24, 2.45) is 12.5 Å². The fourth-order valence-corrected chi connectivity index (χ4v) is 4.87. The van der Waals surface area contributed by atoms with E-state index in [0.29, 0.717) is 51.1 Å². The number of nitrogens with zero attached hydrogens (tertiary/aromatic N) is 2. The molecule has 0 fully saturated rings. The predicted molar refractivity (Wildman–Crippen MR) is 122 cm³/mol. The molecule has 1 aromatic heterocycles. The SMILES string of the molecule is CC1=C(C(=O)Nc2ccn(C)n2)C(c2cccc(Cl)c2Cl)C2=C(CC(C)(C)CC2=O)N1. The van der Waals surface area contributed by atoms with E-state index in [1.807, 2.05) is 13.0 Å². The lowest BCUT2D eigenvalue weighted by Gasteiger charge is -2.39. The van der Waals surface area contributed by atoms with Gasteiger partial charge in [-0.1, -0.05) is 49.2 Å². The van der Waals surface area contributed by atoms with Crippen molar-refractivity contribution in [3.63, 3.8) is 0 Å². The first kappa shape index (κ1) is 21.7. The molecule has 2 aliphatic rings. The first-order valence-electron chi connectivity index (χ1n) is 10.1. The monoisotopic (exact) mass is 458 g/mol. The van der Waals surface area contributed by atoms with E-state index < -0.39 is 5.92 Å². The Morgan fingerprint density at radius 2 is 2.00 bits per heavy atom. The Balaban J connectivity index is 1.86. The van der Waals surface area contributed by atoms with Crippen LogP contribution < -0.4 is 10.6 Å². The molecular weight excluding hydrogens is 435 g/mol. The van der Waals surface area contributed by atoms with E-state index >= 15 is 0 Å². The zero-order valence-corrected chi connectivity index (χ0v) is 19.4. The second kappa shape index (κ2) is 7.84. The fourth-order valence-electron chi connectivity index (χ4n) is 4.46. The number of aryl methyl sites for hydroxylation is 1. The number of anilines is 1. The van der Waals surface area contributed by atoms with Gasteiger partial charge < -0.3 is 10.6 Å². The van der Waals surface area contributed by atoms with Crippen molar-refractivity contribution >= 4 is 40.7 Å². The summed E-state index contributed by atoms with van der Waals surface area (Å²) in [7, 11) is 1.77. The van der Waals surface area contributed by atoms with Crippen molar-refractivity contribution in [2.45, 2.75) is 39.5 Å². The number of allylic oxidation sites excluding steroid dienone is 3. The normalized spacial score (nSPS) is 20.5. The molecule has 1 atom stereocenters. The minimum absolute atomic E-state index is 0.00966. The molecule has 31 heavy (non-hydrogen) atoms. The van der Waals surface area contributed by atoms with Crippen LogP contribution in [0, 0.1) is 5.41 Å². The van der Waals surface area contributed by atoms with Crippen molar-refractivity contribution in [2.75, 3.05) is 5.32 Å². The number of carbonyl (C=O) groups is 2. The first-order chi connectivity index (χ1) is 14.6. The third kappa shape index (κ3) is 4.02. The van der Waals surface area contributed by atoms with Crippen molar-refractivity contribution in [3.8, 4) is 0 Å². The highest BCUT2D eigenvalue weighted by Gasteiger charge is 2.43. The predicted octanol–water partition coefficient (Wildman–Crippen LogP) is 4.97. The van der Waals surface area contributed by atoms with Crippen molar-refractivity contribution in [3.05, 3.63) is 68.6 Å². The number of nitrogens with one attached hydrogen (secondary N) is 2. The number of hydrogen-bond donors (Lipinski definition) is 2. The average Bonchev–Trinajstić information content (AvgIpc) is 3.06. The molecule has 0 saturated carbocycles. The number of carbonyl (C=O) groups excluding carboxylic acids is 2. The number of hydrogen-bond acceptors (Lipinski definition) is 4. The number of aromatic nitrogens is 2. The highest BCUT2D eigenvalue weighted by atomic mass is 35.5. The quantitative estimate of drug-likeness (QED) is 0.680. The Bertz CT molecular complexity index is 1160. The molecule has 1 unspecified atom stereocenters. The van der Waals surface area contributed by atoms with Crippen molar-refractivity contribution in [1.29, 1.82) is 0 Å². The van der Waals surface area contributed by atoms with Gasteiger partial charge in [0.05, 0.1) is 10.0 Å². The number of benzene rings is 1. The van der Waals surface area contributed by atoms with Gasteiger partial charge in [0.1, 0.15) is 0 Å². The minimum Gasteiger partial charge on any atom is -0.362 e. The summed E-state index contributed by atoms with van der Waals surface area (Å²) in [5.74, 6) is -0.515. The Labute approximate surface area is 191 Å². The zero-order chi connectivity index (χ0) is 22.5. The highest BCUT2D eigenvalue weighted by molar-refractivity contribution is 6.42. The Hall–Kier alpha value is -2.57. The van der Waals surface area contributed by atoms with Crippen molar-refractivity contribution < 1.29 is 9.59 Å². The maximum Gasteiger partial charge on any atom is 0.255 e. The summed E-state index contributed by atoms with van der Waals surface area (Å²) in [5.41, 5.74) is 3.01. The van der Waals surface area contributed by atoms with E-state index in [1.165, 1.54) is 0 Å². The number of dihydropyridines is 1. The van der Waals surface area contributed by atoms with Gasteiger partial charge in [-0.15, -0.1) is 0 Å². The van der Waals surface area contributed by atoms with Gasteiger partial charge in [0.25, 0.3) is 5.91 Å². The molecule has 162 valence electrons. The number of rotatable bonds is 3. The lowest BCUT2D eigenvalue weighted by atomic mass is 9.68. The molecule has 0 spiro atoms. The largest absolute Gasteiger partial charge is 0.362 e. The Morgan fingerprint density at radius 1 is 1.26 bits per heavy atom. The van der Waals surface area contributed by atoms with E-state index in [0.717, 1.165) is 5.70 Å². The summed E-state index contributed by atoms with van der Waals surface area (Å²) >= 11 is 12.9. The van der Waals surface area contributed by atoms with Gasteiger partial charge in [0.2, 0.25) is 0 Å². The van der Waals surface area contributed by atoms with E-state index in [-0.39, 0.29) is 17.1 Å². The second-order valence-electron chi connectivity index (χ2n) is 8.90. The van der Waals surface area contributed by atoms with E-state index in [2.05, 4.69) is 29.6 Å². The third-order valence-electron chi connectivity index (χ3n) is 5.73. The van der Waals surface area contributed by atoms with Gasteiger partial charge in [-0.3, -0.25) is 14.3 Å². The summed E-state index contributed by atoms with van der Waals surface area (Å²) in [4.78, 5) is 26.7. The van der Waals surface area contributed by atoms with Crippen LogP contribution in [0.2, 0.25) is 10.0 Å². The lowest BCUT2D eigenvalue weighted by Crippen LogP contribution is -2.39. The number of ketones is 1. The minimum atomic E-state index is -0.616. The van der Waals surface area contributed by atoms with E-state index in [4.69, 9.17) is 23.2 Å². The molecule has 0 radical (unpaired) electrons. The Kier molecular flexibility index (Phi) is 5.48. The molecule has 4 rings (SSSR count). The molecular formula is C23H24Cl2N4O2. The van der Waals surface area contributed by atoms with Crippen LogP contribution in [0.15, 0.2) is 53.0 Å². The molecule has 1 aromatic carbocycles. The van der Waals surface area contributed by atoms with Gasteiger partial charge in [0, 0.05) is 54.2 Å². The number of halogens is 2. The van der Waals surface area contributed by atoms with Crippen LogP contribution in [0.3, 0.4) is 0 Å². The molecule has 1 aliphatic carbocycles. The molecule has 6 nitrogen and oxygen atoms in total. The second-order valence-corrected chi connectivity index (χ2v) is 9.69. The molecule has 0 saturated heterocycles. The molecule has 2 heterocycles. The van der Waals surface area contributed by atoms with Crippen LogP contribution in [0.25, 0.3) is 0 Å². The van der Waals surface area contributed by atoms with Crippen LogP contribution in [0.1, 0.15) is 45.1 Å². The van der Waals surface area contributed by atoms with Gasteiger partial charge in [-0.25, -0.2) is 0 Å².